The Labute approximate surface area is 206 Å². The minimum atomic E-state index is -1.05. The van der Waals surface area contributed by atoms with E-state index in [2.05, 4.69) is 24.3 Å². The lowest BCUT2D eigenvalue weighted by atomic mass is 9.98. The van der Waals surface area contributed by atoms with E-state index in [1.165, 1.54) is 11.9 Å². The van der Waals surface area contributed by atoms with Gasteiger partial charge in [-0.15, -0.1) is 0 Å². The number of carboxylic acids is 1. The largest absolute Gasteiger partial charge is 0.491 e. The second kappa shape index (κ2) is 10.6. The molecule has 1 amide bonds. The molecule has 1 unspecified atom stereocenters. The van der Waals surface area contributed by atoms with Gasteiger partial charge in [-0.25, -0.2) is 9.59 Å². The fraction of sp³-hybridized carbons (Fsp3) is 0.310. The maximum atomic E-state index is 12.9. The molecule has 35 heavy (non-hydrogen) atoms. The summed E-state index contributed by atoms with van der Waals surface area (Å²) in [5.41, 5.74) is 5.50. The Morgan fingerprint density at radius 2 is 1.49 bits per heavy atom. The van der Waals surface area contributed by atoms with Gasteiger partial charge in [-0.1, -0.05) is 60.7 Å². The van der Waals surface area contributed by atoms with Crippen LogP contribution in [0, 0.1) is 0 Å². The molecule has 0 bridgehead atoms. The number of ether oxygens (including phenoxy) is 2. The molecule has 0 fully saturated rings. The molecule has 0 saturated carbocycles. The summed E-state index contributed by atoms with van der Waals surface area (Å²) in [6.07, 6.45) is 0.239. The van der Waals surface area contributed by atoms with Gasteiger partial charge in [0.2, 0.25) is 0 Å². The van der Waals surface area contributed by atoms with E-state index in [4.69, 9.17) is 9.47 Å². The van der Waals surface area contributed by atoms with E-state index in [0.29, 0.717) is 6.42 Å². The van der Waals surface area contributed by atoms with Gasteiger partial charge < -0.3 is 14.6 Å². The number of carboxylic acid groups (broad SMARTS) is 1. The standard InChI is InChI=1S/C29H31NO5/c1-19(2)35-21-15-12-20(13-16-21)14-17-27(28(31)32)30(3)29(33)34-18-26-24-10-6-4-8-22(24)23-9-5-7-11-25(23)26/h4-13,15-16,19,26-27H,14,17-18H2,1-3H3,(H,31,32). The van der Waals surface area contributed by atoms with E-state index in [1.807, 2.05) is 62.4 Å². The second-order valence-electron chi connectivity index (χ2n) is 9.12. The van der Waals surface area contributed by atoms with Crippen molar-refractivity contribution >= 4 is 12.1 Å². The molecule has 1 atom stereocenters. The first-order chi connectivity index (χ1) is 16.8. The fourth-order valence-corrected chi connectivity index (χ4v) is 4.62. The lowest BCUT2D eigenvalue weighted by molar-refractivity contribution is -0.142. The van der Waals surface area contributed by atoms with E-state index >= 15 is 0 Å². The Morgan fingerprint density at radius 3 is 2.03 bits per heavy atom. The summed E-state index contributed by atoms with van der Waals surface area (Å²) in [5, 5.41) is 9.78. The van der Waals surface area contributed by atoms with Crippen LogP contribution in [0.1, 0.15) is 42.9 Å². The summed E-state index contributed by atoms with van der Waals surface area (Å²) >= 11 is 0. The maximum Gasteiger partial charge on any atom is 0.410 e. The molecule has 1 aliphatic rings. The molecule has 0 spiro atoms. The summed E-state index contributed by atoms with van der Waals surface area (Å²) in [6, 6.07) is 22.8. The van der Waals surface area contributed by atoms with Gasteiger partial charge in [-0.05, 0) is 66.6 Å². The molecule has 1 aliphatic carbocycles. The molecule has 0 aliphatic heterocycles. The van der Waals surface area contributed by atoms with Crippen molar-refractivity contribution in [2.24, 2.45) is 0 Å². The highest BCUT2D eigenvalue weighted by Gasteiger charge is 2.31. The highest BCUT2D eigenvalue weighted by atomic mass is 16.6. The molecular weight excluding hydrogens is 442 g/mol. The topological polar surface area (TPSA) is 76.1 Å². The number of aryl methyl sites for hydroxylation is 1. The number of benzene rings is 3. The predicted molar refractivity (Wildman–Crippen MR) is 135 cm³/mol. The van der Waals surface area contributed by atoms with Crippen LogP contribution >= 0.6 is 0 Å². The number of hydrogen-bond acceptors (Lipinski definition) is 4. The summed E-state index contributed by atoms with van der Waals surface area (Å²) < 4.78 is 11.3. The average molecular weight is 474 g/mol. The first kappa shape index (κ1) is 24.3. The van der Waals surface area contributed by atoms with Gasteiger partial charge in [0.05, 0.1) is 6.10 Å². The molecule has 3 aromatic carbocycles. The fourth-order valence-electron chi connectivity index (χ4n) is 4.62. The highest BCUT2D eigenvalue weighted by Crippen LogP contribution is 2.44. The van der Waals surface area contributed by atoms with Crippen molar-refractivity contribution in [3.05, 3.63) is 89.5 Å². The monoisotopic (exact) mass is 473 g/mol. The molecule has 6 nitrogen and oxygen atoms in total. The van der Waals surface area contributed by atoms with Gasteiger partial charge in [0.25, 0.3) is 0 Å². The van der Waals surface area contributed by atoms with Crippen molar-refractivity contribution in [1.29, 1.82) is 0 Å². The van der Waals surface area contributed by atoms with Crippen molar-refractivity contribution in [3.63, 3.8) is 0 Å². The first-order valence-corrected chi connectivity index (χ1v) is 11.9. The molecule has 0 saturated heterocycles. The van der Waals surface area contributed by atoms with Gasteiger partial charge in [0, 0.05) is 13.0 Å². The van der Waals surface area contributed by atoms with Crippen molar-refractivity contribution in [3.8, 4) is 16.9 Å². The third-order valence-corrected chi connectivity index (χ3v) is 6.38. The van der Waals surface area contributed by atoms with E-state index < -0.39 is 18.1 Å². The molecule has 4 rings (SSSR count). The van der Waals surface area contributed by atoms with Crippen LogP contribution in [0.3, 0.4) is 0 Å². The third-order valence-electron chi connectivity index (χ3n) is 6.38. The molecule has 3 aromatic rings. The molecular formula is C29H31NO5. The van der Waals surface area contributed by atoms with Crippen molar-refractivity contribution in [2.45, 2.75) is 44.8 Å². The summed E-state index contributed by atoms with van der Waals surface area (Å²) in [4.78, 5) is 26.0. The van der Waals surface area contributed by atoms with E-state index in [1.54, 1.807) is 0 Å². The quantitative estimate of drug-likeness (QED) is 0.429. The van der Waals surface area contributed by atoms with Crippen LogP contribution in [0.2, 0.25) is 0 Å². The molecule has 0 aromatic heterocycles. The minimum Gasteiger partial charge on any atom is -0.491 e. The third kappa shape index (κ3) is 5.48. The van der Waals surface area contributed by atoms with Gasteiger partial charge in [-0.2, -0.15) is 0 Å². The van der Waals surface area contributed by atoms with E-state index in [9.17, 15) is 14.7 Å². The summed E-state index contributed by atoms with van der Waals surface area (Å²) in [5.74, 6) is -0.357. The molecule has 0 heterocycles. The lowest BCUT2D eigenvalue weighted by Gasteiger charge is -2.25. The smallest absolute Gasteiger partial charge is 0.410 e. The number of fused-ring (bicyclic) bond motifs is 3. The van der Waals surface area contributed by atoms with Gasteiger partial charge in [0.15, 0.2) is 0 Å². The Kier molecular flexibility index (Phi) is 7.39. The Morgan fingerprint density at radius 1 is 0.914 bits per heavy atom. The van der Waals surface area contributed by atoms with Crippen LogP contribution in [-0.4, -0.2) is 47.9 Å². The number of likely N-dealkylation sites (N-methyl/N-ethyl adjacent to an activating group) is 1. The zero-order valence-electron chi connectivity index (χ0n) is 20.3. The summed E-state index contributed by atoms with van der Waals surface area (Å²) in [6.45, 7) is 4.08. The zero-order valence-corrected chi connectivity index (χ0v) is 20.3. The van der Waals surface area contributed by atoms with Crippen LogP contribution in [0.4, 0.5) is 4.79 Å². The molecule has 182 valence electrons. The lowest BCUT2D eigenvalue weighted by Crippen LogP contribution is -2.43. The van der Waals surface area contributed by atoms with E-state index in [-0.39, 0.29) is 25.0 Å². The number of aliphatic carboxylic acids is 1. The Bertz CT molecular complexity index is 1140. The van der Waals surface area contributed by atoms with Crippen molar-refractivity contribution in [2.75, 3.05) is 13.7 Å². The van der Waals surface area contributed by atoms with Crippen LogP contribution < -0.4 is 4.74 Å². The van der Waals surface area contributed by atoms with Gasteiger partial charge >= 0.3 is 12.1 Å². The first-order valence-electron chi connectivity index (χ1n) is 11.9. The van der Waals surface area contributed by atoms with Crippen molar-refractivity contribution < 1.29 is 24.2 Å². The Hall–Kier alpha value is -3.80. The van der Waals surface area contributed by atoms with Gasteiger partial charge in [0.1, 0.15) is 18.4 Å². The van der Waals surface area contributed by atoms with Crippen LogP contribution in [0.5, 0.6) is 5.75 Å². The zero-order chi connectivity index (χ0) is 24.9. The number of rotatable bonds is 9. The predicted octanol–water partition coefficient (Wildman–Crippen LogP) is 5.74. The number of carbonyl (C=O) groups is 2. The minimum absolute atomic E-state index is 0.0744. The second-order valence-corrected chi connectivity index (χ2v) is 9.12. The molecule has 6 heteroatoms. The van der Waals surface area contributed by atoms with E-state index in [0.717, 1.165) is 33.6 Å². The van der Waals surface area contributed by atoms with Crippen LogP contribution in [0.15, 0.2) is 72.8 Å². The highest BCUT2D eigenvalue weighted by molar-refractivity contribution is 5.81. The average Bonchev–Trinajstić information content (AvgIpc) is 3.16. The summed E-state index contributed by atoms with van der Waals surface area (Å²) in [7, 11) is 1.48. The number of carbonyl (C=O) groups excluding carboxylic acids is 1. The molecule has 1 N–H and O–H groups in total. The van der Waals surface area contributed by atoms with Crippen LogP contribution in [-0.2, 0) is 16.0 Å². The number of hydrogen-bond donors (Lipinski definition) is 1. The van der Waals surface area contributed by atoms with Crippen LogP contribution in [0.25, 0.3) is 11.1 Å². The number of amides is 1. The van der Waals surface area contributed by atoms with Gasteiger partial charge in [-0.3, -0.25) is 4.90 Å². The van der Waals surface area contributed by atoms with Crippen molar-refractivity contribution in [1.82, 2.24) is 4.90 Å². The maximum absolute atomic E-state index is 12.9. The normalized spacial score (nSPS) is 13.1. The SMILES string of the molecule is CC(C)Oc1ccc(CCC(C(=O)O)N(C)C(=O)OCC2c3ccccc3-c3ccccc32)cc1. The number of nitrogens with zero attached hydrogens (tertiary/aromatic N) is 1. The Balaban J connectivity index is 1.38. The molecule has 0 radical (unpaired) electrons.